The van der Waals surface area contributed by atoms with Gasteiger partial charge in [0.2, 0.25) is 5.91 Å². The minimum Gasteiger partial charge on any atom is -0.354 e. The zero-order chi connectivity index (χ0) is 13.1. The largest absolute Gasteiger partial charge is 0.354 e. The van der Waals surface area contributed by atoms with Crippen molar-refractivity contribution in [3.8, 4) is 0 Å². The lowest BCUT2D eigenvalue weighted by Crippen LogP contribution is -2.20. The quantitative estimate of drug-likeness (QED) is 0.898. The molecule has 4 heteroatoms. The highest BCUT2D eigenvalue weighted by Gasteiger charge is 2.16. The molecule has 0 saturated heterocycles. The van der Waals surface area contributed by atoms with E-state index in [4.69, 9.17) is 4.52 Å². The van der Waals surface area contributed by atoms with E-state index >= 15 is 0 Å². The van der Waals surface area contributed by atoms with Gasteiger partial charge in [-0.05, 0) is 25.5 Å². The van der Waals surface area contributed by atoms with Gasteiger partial charge in [0, 0.05) is 5.92 Å². The van der Waals surface area contributed by atoms with Crippen LogP contribution in [-0.4, -0.2) is 11.1 Å². The Hall–Kier alpha value is -1.84. The molecule has 0 bridgehead atoms. The Labute approximate surface area is 106 Å². The molecule has 0 aliphatic carbocycles. The molecule has 0 aliphatic rings. The summed E-state index contributed by atoms with van der Waals surface area (Å²) in [5, 5.41) is 7.60. The van der Waals surface area contributed by atoms with Crippen molar-refractivity contribution in [3.63, 3.8) is 0 Å². The fourth-order valence-electron chi connectivity index (χ4n) is 1.95. The molecule has 1 heterocycles. The summed E-state index contributed by atoms with van der Waals surface area (Å²) in [6.45, 7) is 5.99. The molecule has 1 atom stereocenters. The molecule has 1 aromatic heterocycles. The van der Waals surface area contributed by atoms with Crippen LogP contribution in [0.25, 0.3) is 11.0 Å². The number of amides is 1. The summed E-state index contributed by atoms with van der Waals surface area (Å²) in [6.07, 6.45) is 1.87. The smallest absolute Gasteiger partial charge is 0.228 e. The number of carbonyl (C=O) groups excluding carboxylic acids is 1. The molecule has 1 N–H and O–H groups in total. The molecule has 4 nitrogen and oxygen atoms in total. The number of nitrogens with zero attached hydrogens (tertiary/aromatic N) is 1. The molecule has 0 radical (unpaired) electrons. The molecule has 0 spiro atoms. The second kappa shape index (κ2) is 5.21. The number of benzene rings is 1. The van der Waals surface area contributed by atoms with Crippen LogP contribution in [0.3, 0.4) is 0 Å². The van der Waals surface area contributed by atoms with Crippen LogP contribution in [0, 0.1) is 12.8 Å². The summed E-state index contributed by atoms with van der Waals surface area (Å²) in [5.74, 6) is 0.502. The topological polar surface area (TPSA) is 55.1 Å². The number of anilines is 1. The van der Waals surface area contributed by atoms with Gasteiger partial charge in [-0.25, -0.2) is 0 Å². The van der Waals surface area contributed by atoms with Gasteiger partial charge in [-0.2, -0.15) is 0 Å². The van der Waals surface area contributed by atoms with Crippen molar-refractivity contribution in [2.75, 3.05) is 5.32 Å². The van der Waals surface area contributed by atoms with Crippen molar-refractivity contribution in [3.05, 3.63) is 23.8 Å². The first-order valence-corrected chi connectivity index (χ1v) is 6.28. The molecule has 1 unspecified atom stereocenters. The SMILES string of the molecule is CCCC(C)C(=O)Nc1noc2ccc(C)cc12. The molecular formula is C14H18N2O2. The van der Waals surface area contributed by atoms with Crippen LogP contribution < -0.4 is 5.32 Å². The minimum atomic E-state index is -0.00782. The normalized spacial score (nSPS) is 12.6. The van der Waals surface area contributed by atoms with Crippen LogP contribution in [0.5, 0.6) is 0 Å². The monoisotopic (exact) mass is 246 g/mol. The molecule has 1 aromatic carbocycles. The van der Waals surface area contributed by atoms with E-state index in [1.54, 1.807) is 0 Å². The maximum atomic E-state index is 11.9. The van der Waals surface area contributed by atoms with Gasteiger partial charge in [0.25, 0.3) is 0 Å². The molecule has 0 fully saturated rings. The van der Waals surface area contributed by atoms with Crippen LogP contribution in [0.15, 0.2) is 22.7 Å². The van der Waals surface area contributed by atoms with Crippen molar-refractivity contribution in [1.82, 2.24) is 5.16 Å². The summed E-state index contributed by atoms with van der Waals surface area (Å²) < 4.78 is 5.18. The van der Waals surface area contributed by atoms with Crippen LogP contribution in [0.4, 0.5) is 5.82 Å². The van der Waals surface area contributed by atoms with Crippen LogP contribution in [0.2, 0.25) is 0 Å². The number of hydrogen-bond donors (Lipinski definition) is 1. The van der Waals surface area contributed by atoms with Crippen molar-refractivity contribution in [2.24, 2.45) is 5.92 Å². The summed E-state index contributed by atoms with van der Waals surface area (Å²) in [7, 11) is 0. The van der Waals surface area contributed by atoms with E-state index in [-0.39, 0.29) is 11.8 Å². The molecule has 2 aromatic rings. The number of fused-ring (bicyclic) bond motifs is 1. The average Bonchev–Trinajstić information content (AvgIpc) is 2.72. The molecule has 1 amide bonds. The second-order valence-corrected chi connectivity index (χ2v) is 4.71. The first-order valence-electron chi connectivity index (χ1n) is 6.28. The Bertz CT molecular complexity index is 560. The lowest BCUT2D eigenvalue weighted by molar-refractivity contribution is -0.119. The van der Waals surface area contributed by atoms with E-state index in [1.165, 1.54) is 0 Å². The predicted molar refractivity (Wildman–Crippen MR) is 71.4 cm³/mol. The van der Waals surface area contributed by atoms with E-state index in [1.807, 2.05) is 32.0 Å². The van der Waals surface area contributed by atoms with Crippen LogP contribution in [0.1, 0.15) is 32.3 Å². The van der Waals surface area contributed by atoms with Crippen LogP contribution >= 0.6 is 0 Å². The van der Waals surface area contributed by atoms with E-state index < -0.39 is 0 Å². The van der Waals surface area contributed by atoms with Crippen molar-refractivity contribution in [2.45, 2.75) is 33.6 Å². The summed E-state index contributed by atoms with van der Waals surface area (Å²) in [6, 6.07) is 5.79. The average molecular weight is 246 g/mol. The van der Waals surface area contributed by atoms with E-state index in [0.717, 1.165) is 23.8 Å². The summed E-state index contributed by atoms with van der Waals surface area (Å²) in [4.78, 5) is 11.9. The Kier molecular flexibility index (Phi) is 3.65. The lowest BCUT2D eigenvalue weighted by Gasteiger charge is -2.08. The third kappa shape index (κ3) is 2.53. The maximum absolute atomic E-state index is 11.9. The predicted octanol–water partition coefficient (Wildman–Crippen LogP) is 3.51. The van der Waals surface area contributed by atoms with Gasteiger partial charge >= 0.3 is 0 Å². The molecule has 2 rings (SSSR count). The Morgan fingerprint density at radius 3 is 3.00 bits per heavy atom. The van der Waals surface area contributed by atoms with E-state index in [0.29, 0.717) is 11.4 Å². The first-order chi connectivity index (χ1) is 8.61. The number of aryl methyl sites for hydroxylation is 1. The Balaban J connectivity index is 2.21. The van der Waals surface area contributed by atoms with Gasteiger partial charge in [-0.3, -0.25) is 4.79 Å². The first kappa shape index (κ1) is 12.6. The van der Waals surface area contributed by atoms with Gasteiger partial charge in [-0.15, -0.1) is 0 Å². The second-order valence-electron chi connectivity index (χ2n) is 4.71. The van der Waals surface area contributed by atoms with Crippen LogP contribution in [-0.2, 0) is 4.79 Å². The minimum absolute atomic E-state index is 0.00597. The fourth-order valence-corrected chi connectivity index (χ4v) is 1.95. The molecule has 0 aliphatic heterocycles. The van der Waals surface area contributed by atoms with E-state index in [9.17, 15) is 4.79 Å². The number of nitrogens with one attached hydrogen (secondary N) is 1. The number of aromatic nitrogens is 1. The summed E-state index contributed by atoms with van der Waals surface area (Å²) >= 11 is 0. The standard InChI is InChI=1S/C14H18N2O2/c1-4-5-10(3)14(17)15-13-11-8-9(2)6-7-12(11)18-16-13/h6-8,10H,4-5H2,1-3H3,(H,15,16,17). The highest BCUT2D eigenvalue weighted by Crippen LogP contribution is 2.24. The maximum Gasteiger partial charge on any atom is 0.228 e. The number of rotatable bonds is 4. The van der Waals surface area contributed by atoms with Crippen molar-refractivity contribution in [1.29, 1.82) is 0 Å². The highest BCUT2D eigenvalue weighted by molar-refractivity contribution is 5.99. The number of hydrogen-bond acceptors (Lipinski definition) is 3. The Morgan fingerprint density at radius 1 is 1.50 bits per heavy atom. The highest BCUT2D eigenvalue weighted by atomic mass is 16.5. The third-order valence-electron chi connectivity index (χ3n) is 3.04. The van der Waals surface area contributed by atoms with E-state index in [2.05, 4.69) is 17.4 Å². The Morgan fingerprint density at radius 2 is 2.28 bits per heavy atom. The number of carbonyl (C=O) groups is 1. The molecular weight excluding hydrogens is 228 g/mol. The lowest BCUT2D eigenvalue weighted by atomic mass is 10.1. The summed E-state index contributed by atoms with van der Waals surface area (Å²) in [5.41, 5.74) is 1.81. The zero-order valence-corrected chi connectivity index (χ0v) is 11.0. The molecule has 96 valence electrons. The van der Waals surface area contributed by atoms with Gasteiger partial charge in [0.15, 0.2) is 11.4 Å². The fraction of sp³-hybridized carbons (Fsp3) is 0.429. The van der Waals surface area contributed by atoms with Gasteiger partial charge in [0.05, 0.1) is 5.39 Å². The van der Waals surface area contributed by atoms with Gasteiger partial charge in [-0.1, -0.05) is 37.1 Å². The molecule has 18 heavy (non-hydrogen) atoms. The van der Waals surface area contributed by atoms with Crippen molar-refractivity contribution < 1.29 is 9.32 Å². The van der Waals surface area contributed by atoms with Gasteiger partial charge < -0.3 is 9.84 Å². The van der Waals surface area contributed by atoms with Gasteiger partial charge in [0.1, 0.15) is 0 Å². The molecule has 0 saturated carbocycles. The van der Waals surface area contributed by atoms with Crippen molar-refractivity contribution >= 4 is 22.7 Å². The zero-order valence-electron chi connectivity index (χ0n) is 11.0. The third-order valence-corrected chi connectivity index (χ3v) is 3.04.